The van der Waals surface area contributed by atoms with Gasteiger partial charge in [-0.15, -0.1) is 0 Å². The van der Waals surface area contributed by atoms with Gasteiger partial charge in [0.2, 0.25) is 11.8 Å². The van der Waals surface area contributed by atoms with E-state index in [0.717, 1.165) is 32.7 Å². The number of carbonyl (C=O) groups is 2. The molecule has 4 N–H and O–H groups in total. The molecule has 4 aromatic rings. The Morgan fingerprint density at radius 2 is 1.03 bits per heavy atom. The second-order valence-corrected chi connectivity index (χ2v) is 7.19. The molecule has 2 amide bonds. The predicted molar refractivity (Wildman–Crippen MR) is 120 cm³/mol. The van der Waals surface area contributed by atoms with Crippen LogP contribution in [-0.4, -0.2) is 17.9 Å². The van der Waals surface area contributed by atoms with E-state index in [4.69, 9.17) is 5.73 Å². The molecule has 0 heterocycles. The van der Waals surface area contributed by atoms with Crippen LogP contribution in [0.25, 0.3) is 21.5 Å². The molecule has 5 nitrogen and oxygen atoms in total. The van der Waals surface area contributed by atoms with Gasteiger partial charge in [0.15, 0.2) is 6.04 Å². The highest BCUT2D eigenvalue weighted by molar-refractivity contribution is 6.04. The van der Waals surface area contributed by atoms with Gasteiger partial charge in [-0.2, -0.15) is 0 Å². The molecule has 0 aromatic heterocycles. The lowest BCUT2D eigenvalue weighted by molar-refractivity contribution is -0.131. The summed E-state index contributed by atoms with van der Waals surface area (Å²) in [5.41, 5.74) is 7.84. The maximum Gasteiger partial charge on any atom is 0.246 e. The van der Waals surface area contributed by atoms with Gasteiger partial charge in [-0.3, -0.25) is 9.59 Å². The van der Waals surface area contributed by atoms with Crippen molar-refractivity contribution in [3.8, 4) is 0 Å². The summed E-state index contributed by atoms with van der Waals surface area (Å²) in [4.78, 5) is 24.8. The summed E-state index contributed by atoms with van der Waals surface area (Å²) in [6.07, 6.45) is 0. The molecule has 0 spiro atoms. The maximum absolute atomic E-state index is 12.4. The lowest BCUT2D eigenvalue weighted by Crippen LogP contribution is -2.50. The number of hydrogen-bond acceptors (Lipinski definition) is 3. The van der Waals surface area contributed by atoms with Crippen molar-refractivity contribution in [2.24, 2.45) is 5.73 Å². The Bertz CT molecular complexity index is 1110. The Hall–Kier alpha value is -3.70. The van der Waals surface area contributed by atoms with Gasteiger partial charge in [0, 0.05) is 13.1 Å². The second kappa shape index (κ2) is 8.76. The number of nitrogens with one attached hydrogen (secondary N) is 2. The summed E-state index contributed by atoms with van der Waals surface area (Å²) in [7, 11) is 0. The molecule has 0 saturated carbocycles. The molecule has 150 valence electrons. The monoisotopic (exact) mass is 397 g/mol. The van der Waals surface area contributed by atoms with Crippen molar-refractivity contribution >= 4 is 33.4 Å². The summed E-state index contributed by atoms with van der Waals surface area (Å²) in [6, 6.07) is 26.5. The van der Waals surface area contributed by atoms with E-state index in [2.05, 4.69) is 10.6 Å². The minimum absolute atomic E-state index is 0.310. The zero-order valence-corrected chi connectivity index (χ0v) is 16.5. The highest BCUT2D eigenvalue weighted by Gasteiger charge is 2.21. The molecule has 0 unspecified atom stereocenters. The molecule has 4 aromatic carbocycles. The van der Waals surface area contributed by atoms with Crippen LogP contribution in [0.5, 0.6) is 0 Å². The van der Waals surface area contributed by atoms with Crippen LogP contribution in [0.2, 0.25) is 0 Å². The predicted octanol–water partition coefficient (Wildman–Crippen LogP) is 3.25. The number of amides is 2. The molecule has 0 aliphatic rings. The first-order valence-electron chi connectivity index (χ1n) is 9.88. The van der Waals surface area contributed by atoms with E-state index in [-0.39, 0.29) is 0 Å². The Kier molecular flexibility index (Phi) is 5.72. The fourth-order valence-electron chi connectivity index (χ4n) is 3.60. The first kappa shape index (κ1) is 19.6. The van der Waals surface area contributed by atoms with Crippen LogP contribution >= 0.6 is 0 Å². The number of nitrogens with two attached hydrogens (primary N) is 1. The van der Waals surface area contributed by atoms with Crippen molar-refractivity contribution < 1.29 is 9.59 Å². The Morgan fingerprint density at radius 3 is 1.50 bits per heavy atom. The van der Waals surface area contributed by atoms with E-state index < -0.39 is 17.9 Å². The van der Waals surface area contributed by atoms with Crippen molar-refractivity contribution in [2.45, 2.75) is 19.1 Å². The maximum atomic E-state index is 12.4. The van der Waals surface area contributed by atoms with Gasteiger partial charge in [-0.25, -0.2) is 0 Å². The van der Waals surface area contributed by atoms with Gasteiger partial charge < -0.3 is 16.4 Å². The number of hydrogen-bond donors (Lipinski definition) is 3. The van der Waals surface area contributed by atoms with Crippen molar-refractivity contribution in [1.29, 1.82) is 0 Å². The number of benzene rings is 4. The summed E-state index contributed by atoms with van der Waals surface area (Å²) in [6.45, 7) is 0.620. The van der Waals surface area contributed by atoms with Crippen molar-refractivity contribution in [2.75, 3.05) is 0 Å². The summed E-state index contributed by atoms with van der Waals surface area (Å²) in [5, 5.41) is 9.87. The molecule has 0 aliphatic carbocycles. The molecule has 4 rings (SSSR count). The van der Waals surface area contributed by atoms with Gasteiger partial charge in [-0.05, 0) is 32.7 Å². The van der Waals surface area contributed by atoms with E-state index >= 15 is 0 Å². The molecule has 0 atom stereocenters. The molecule has 30 heavy (non-hydrogen) atoms. The standard InChI is InChI=1S/C25H23N3O2/c26-23(24(29)27-15-19-11-5-9-17-7-1-3-13-21(17)19)25(30)28-16-20-12-6-10-18-8-2-4-14-22(18)20/h1-14,23H,15-16,26H2,(H,27,29)(H,28,30). The van der Waals surface area contributed by atoms with E-state index in [0.29, 0.717) is 13.1 Å². The smallest absolute Gasteiger partial charge is 0.246 e. The van der Waals surface area contributed by atoms with Gasteiger partial charge in [0.05, 0.1) is 0 Å². The van der Waals surface area contributed by atoms with E-state index in [9.17, 15) is 9.59 Å². The summed E-state index contributed by atoms with van der Waals surface area (Å²) in [5.74, 6) is -1.00. The molecule has 0 fully saturated rings. The van der Waals surface area contributed by atoms with E-state index in [1.165, 1.54) is 0 Å². The third-order valence-electron chi connectivity index (χ3n) is 5.23. The first-order valence-corrected chi connectivity index (χ1v) is 9.88. The molecule has 0 saturated heterocycles. The Morgan fingerprint density at radius 1 is 0.633 bits per heavy atom. The van der Waals surface area contributed by atoms with Crippen LogP contribution in [-0.2, 0) is 22.7 Å². The van der Waals surface area contributed by atoms with Crippen molar-refractivity contribution in [1.82, 2.24) is 10.6 Å². The van der Waals surface area contributed by atoms with Crippen molar-refractivity contribution in [3.63, 3.8) is 0 Å². The molecule has 0 aliphatic heterocycles. The van der Waals surface area contributed by atoms with Gasteiger partial charge in [0.1, 0.15) is 0 Å². The zero-order valence-electron chi connectivity index (χ0n) is 16.5. The summed E-state index contributed by atoms with van der Waals surface area (Å²) < 4.78 is 0. The Labute approximate surface area is 174 Å². The first-order chi connectivity index (χ1) is 14.6. The van der Waals surface area contributed by atoms with Gasteiger partial charge in [-0.1, -0.05) is 84.9 Å². The fraction of sp³-hybridized carbons (Fsp3) is 0.120. The number of fused-ring (bicyclic) bond motifs is 2. The normalized spacial score (nSPS) is 11.0. The van der Waals surface area contributed by atoms with Gasteiger partial charge >= 0.3 is 0 Å². The third kappa shape index (κ3) is 4.16. The molecule has 0 radical (unpaired) electrons. The largest absolute Gasteiger partial charge is 0.350 e. The molecular weight excluding hydrogens is 374 g/mol. The van der Waals surface area contributed by atoms with Gasteiger partial charge in [0.25, 0.3) is 0 Å². The van der Waals surface area contributed by atoms with Crippen LogP contribution in [0.15, 0.2) is 84.9 Å². The second-order valence-electron chi connectivity index (χ2n) is 7.19. The molecule has 5 heteroatoms. The SMILES string of the molecule is NC(C(=O)NCc1cccc2ccccc12)C(=O)NCc1cccc2ccccc12. The molecular formula is C25H23N3O2. The molecule has 0 bridgehead atoms. The van der Waals surface area contributed by atoms with E-state index in [1.807, 2.05) is 84.9 Å². The topological polar surface area (TPSA) is 84.2 Å². The van der Waals surface area contributed by atoms with Crippen LogP contribution in [0.3, 0.4) is 0 Å². The third-order valence-corrected chi connectivity index (χ3v) is 5.23. The van der Waals surface area contributed by atoms with Crippen molar-refractivity contribution in [3.05, 3.63) is 96.1 Å². The van der Waals surface area contributed by atoms with Crippen LogP contribution < -0.4 is 16.4 Å². The minimum atomic E-state index is -1.27. The van der Waals surface area contributed by atoms with Crippen LogP contribution in [0, 0.1) is 0 Å². The highest BCUT2D eigenvalue weighted by Crippen LogP contribution is 2.19. The Balaban J connectivity index is 1.37. The fourth-order valence-corrected chi connectivity index (χ4v) is 3.60. The average molecular weight is 397 g/mol. The number of rotatable bonds is 6. The average Bonchev–Trinajstić information content (AvgIpc) is 2.80. The van der Waals surface area contributed by atoms with E-state index in [1.54, 1.807) is 0 Å². The lowest BCUT2D eigenvalue weighted by atomic mass is 10.0. The lowest BCUT2D eigenvalue weighted by Gasteiger charge is -2.14. The van der Waals surface area contributed by atoms with Crippen LogP contribution in [0.1, 0.15) is 11.1 Å². The minimum Gasteiger partial charge on any atom is -0.350 e. The van der Waals surface area contributed by atoms with Crippen LogP contribution in [0.4, 0.5) is 0 Å². The summed E-state index contributed by atoms with van der Waals surface area (Å²) >= 11 is 0. The number of carbonyl (C=O) groups excluding carboxylic acids is 2. The zero-order chi connectivity index (χ0) is 20.9. The quantitative estimate of drug-likeness (QED) is 0.437. The highest BCUT2D eigenvalue weighted by atomic mass is 16.2.